The summed E-state index contributed by atoms with van der Waals surface area (Å²) < 4.78 is 7.91. The highest BCUT2D eigenvalue weighted by molar-refractivity contribution is 7.99. The Kier molecular flexibility index (Phi) is 8.30. The molecule has 0 radical (unpaired) electrons. The number of anilines is 1. The summed E-state index contributed by atoms with van der Waals surface area (Å²) in [6.07, 6.45) is 1.36. The zero-order valence-corrected chi connectivity index (χ0v) is 20.2. The van der Waals surface area contributed by atoms with Crippen LogP contribution in [0.4, 0.5) is 5.69 Å². The van der Waals surface area contributed by atoms with Gasteiger partial charge in [-0.2, -0.15) is 0 Å². The molecule has 0 aliphatic rings. The standard InChI is InChI=1S/C24H25ClN4O3S/c1-5-11-29-23(17(4)32-20-9-10-21(25)15(2)12-20)27-28-24(29)33-14-22(31)26-19-8-6-7-18(13-19)16(3)30/h5-10,12-13,17H,1,11,14H2,2-4H3,(H,26,31). The molecule has 0 saturated heterocycles. The Morgan fingerprint density at radius 3 is 2.76 bits per heavy atom. The van der Waals surface area contributed by atoms with Crippen LogP contribution in [0.5, 0.6) is 5.75 Å². The molecule has 33 heavy (non-hydrogen) atoms. The number of nitrogens with one attached hydrogen (secondary N) is 1. The average molecular weight is 485 g/mol. The van der Waals surface area contributed by atoms with Gasteiger partial charge in [0.2, 0.25) is 5.91 Å². The Balaban J connectivity index is 1.67. The van der Waals surface area contributed by atoms with Crippen molar-refractivity contribution in [3.8, 4) is 5.75 Å². The molecule has 7 nitrogen and oxygen atoms in total. The van der Waals surface area contributed by atoms with Gasteiger partial charge in [-0.25, -0.2) is 0 Å². The smallest absolute Gasteiger partial charge is 0.234 e. The molecule has 0 spiro atoms. The number of hydrogen-bond donors (Lipinski definition) is 1. The van der Waals surface area contributed by atoms with Crippen molar-refractivity contribution in [2.45, 2.75) is 38.6 Å². The zero-order chi connectivity index (χ0) is 24.0. The predicted molar refractivity (Wildman–Crippen MR) is 131 cm³/mol. The fourth-order valence-corrected chi connectivity index (χ4v) is 3.97. The lowest BCUT2D eigenvalue weighted by Gasteiger charge is -2.16. The highest BCUT2D eigenvalue weighted by atomic mass is 35.5. The number of allylic oxidation sites excluding steroid dienone is 1. The maximum absolute atomic E-state index is 12.4. The van der Waals surface area contributed by atoms with Crippen LogP contribution in [0.3, 0.4) is 0 Å². The predicted octanol–water partition coefficient (Wildman–Crippen LogP) is 5.50. The molecular weight excluding hydrogens is 460 g/mol. The van der Waals surface area contributed by atoms with Gasteiger partial charge in [0.1, 0.15) is 5.75 Å². The summed E-state index contributed by atoms with van der Waals surface area (Å²) in [7, 11) is 0. The van der Waals surface area contributed by atoms with Gasteiger partial charge >= 0.3 is 0 Å². The van der Waals surface area contributed by atoms with Crippen LogP contribution < -0.4 is 10.1 Å². The molecule has 2 aromatic carbocycles. The van der Waals surface area contributed by atoms with Gasteiger partial charge in [-0.15, -0.1) is 16.8 Å². The van der Waals surface area contributed by atoms with Crippen LogP contribution in [0, 0.1) is 6.92 Å². The van der Waals surface area contributed by atoms with Gasteiger partial charge in [0.25, 0.3) is 0 Å². The molecule has 172 valence electrons. The number of rotatable bonds is 10. The number of carbonyl (C=O) groups excluding carboxylic acids is 2. The molecule has 1 heterocycles. The number of amides is 1. The van der Waals surface area contributed by atoms with Crippen molar-refractivity contribution in [3.05, 3.63) is 77.1 Å². The monoisotopic (exact) mass is 484 g/mol. The summed E-state index contributed by atoms with van der Waals surface area (Å²) in [5, 5.41) is 12.6. The Hall–Kier alpha value is -3.10. The van der Waals surface area contributed by atoms with E-state index >= 15 is 0 Å². The number of benzene rings is 2. The van der Waals surface area contributed by atoms with Crippen LogP contribution in [-0.2, 0) is 11.3 Å². The topological polar surface area (TPSA) is 86.1 Å². The molecule has 3 aromatic rings. The second-order valence-electron chi connectivity index (χ2n) is 7.38. The van der Waals surface area contributed by atoms with E-state index in [1.807, 2.05) is 24.5 Å². The van der Waals surface area contributed by atoms with E-state index in [9.17, 15) is 9.59 Å². The maximum Gasteiger partial charge on any atom is 0.234 e. The molecule has 0 saturated carbocycles. The first-order valence-corrected chi connectivity index (χ1v) is 11.6. The van der Waals surface area contributed by atoms with Crippen molar-refractivity contribution in [2.24, 2.45) is 0 Å². The number of ether oxygens (including phenoxy) is 1. The first-order valence-electron chi connectivity index (χ1n) is 10.3. The highest BCUT2D eigenvalue weighted by Crippen LogP contribution is 2.27. The molecule has 1 N–H and O–H groups in total. The van der Waals surface area contributed by atoms with E-state index in [4.69, 9.17) is 16.3 Å². The quantitative estimate of drug-likeness (QED) is 0.232. The summed E-state index contributed by atoms with van der Waals surface area (Å²) in [6, 6.07) is 12.3. The molecule has 0 aliphatic heterocycles. The normalized spacial score (nSPS) is 11.6. The summed E-state index contributed by atoms with van der Waals surface area (Å²) in [6.45, 7) is 9.56. The van der Waals surface area contributed by atoms with Crippen molar-refractivity contribution in [1.29, 1.82) is 0 Å². The number of Topliss-reactive ketones (excluding diaryl/α,β-unsaturated/α-hetero) is 1. The van der Waals surface area contributed by atoms with Gasteiger partial charge in [-0.3, -0.25) is 14.2 Å². The van der Waals surface area contributed by atoms with Gasteiger partial charge in [0.05, 0.1) is 5.75 Å². The number of carbonyl (C=O) groups is 2. The Bertz CT molecular complexity index is 1180. The molecule has 0 bridgehead atoms. The Morgan fingerprint density at radius 1 is 1.27 bits per heavy atom. The molecule has 0 aliphatic carbocycles. The Labute approximate surface area is 202 Å². The minimum absolute atomic E-state index is 0.0596. The number of aromatic nitrogens is 3. The lowest BCUT2D eigenvalue weighted by molar-refractivity contribution is -0.113. The third-order valence-corrected chi connectivity index (χ3v) is 6.14. The van der Waals surface area contributed by atoms with Crippen molar-refractivity contribution in [1.82, 2.24) is 14.8 Å². The fourth-order valence-electron chi connectivity index (χ4n) is 3.10. The van der Waals surface area contributed by atoms with Crippen LogP contribution in [0.25, 0.3) is 0 Å². The highest BCUT2D eigenvalue weighted by Gasteiger charge is 2.20. The number of ketones is 1. The number of hydrogen-bond acceptors (Lipinski definition) is 6. The molecule has 1 atom stereocenters. The Morgan fingerprint density at radius 2 is 2.06 bits per heavy atom. The zero-order valence-electron chi connectivity index (χ0n) is 18.7. The van der Waals surface area contributed by atoms with Crippen LogP contribution in [0.1, 0.15) is 41.7 Å². The largest absolute Gasteiger partial charge is 0.483 e. The van der Waals surface area contributed by atoms with Crippen LogP contribution in [0.15, 0.2) is 60.3 Å². The minimum Gasteiger partial charge on any atom is -0.483 e. The van der Waals surface area contributed by atoms with Gasteiger partial charge < -0.3 is 10.1 Å². The third kappa shape index (κ3) is 6.46. The molecule has 1 unspecified atom stereocenters. The van der Waals surface area contributed by atoms with Crippen molar-refractivity contribution >= 4 is 40.7 Å². The van der Waals surface area contributed by atoms with E-state index in [1.165, 1.54) is 18.7 Å². The van der Waals surface area contributed by atoms with Crippen LogP contribution in [-0.4, -0.2) is 32.2 Å². The first-order chi connectivity index (χ1) is 15.8. The number of nitrogens with zero attached hydrogens (tertiary/aromatic N) is 3. The summed E-state index contributed by atoms with van der Waals surface area (Å²) in [5.74, 6) is 1.16. The van der Waals surface area contributed by atoms with Gasteiger partial charge in [-0.05, 0) is 56.7 Å². The second-order valence-corrected chi connectivity index (χ2v) is 8.73. The molecule has 9 heteroatoms. The third-order valence-electron chi connectivity index (χ3n) is 4.75. The summed E-state index contributed by atoms with van der Waals surface area (Å²) >= 11 is 7.36. The molecule has 1 amide bonds. The number of thioether (sulfide) groups is 1. The van der Waals surface area contributed by atoms with Crippen molar-refractivity contribution in [2.75, 3.05) is 11.1 Å². The van der Waals surface area contributed by atoms with E-state index in [1.54, 1.807) is 42.5 Å². The van der Waals surface area contributed by atoms with Gasteiger partial charge in [-0.1, -0.05) is 41.6 Å². The van der Waals surface area contributed by atoms with E-state index in [-0.39, 0.29) is 23.5 Å². The van der Waals surface area contributed by atoms with E-state index < -0.39 is 0 Å². The fraction of sp³-hybridized carbons (Fsp3) is 0.250. The lowest BCUT2D eigenvalue weighted by Crippen LogP contribution is -2.16. The number of halogens is 1. The molecular formula is C24H25ClN4O3S. The van der Waals surface area contributed by atoms with Gasteiger partial charge in [0.15, 0.2) is 22.9 Å². The molecule has 3 rings (SSSR count). The van der Waals surface area contributed by atoms with Crippen LogP contribution >= 0.6 is 23.4 Å². The minimum atomic E-state index is -0.379. The van der Waals surface area contributed by atoms with Gasteiger partial charge in [0, 0.05) is 22.8 Å². The lowest BCUT2D eigenvalue weighted by atomic mass is 10.1. The number of aryl methyl sites for hydroxylation is 1. The summed E-state index contributed by atoms with van der Waals surface area (Å²) in [4.78, 5) is 24.0. The maximum atomic E-state index is 12.4. The molecule has 0 fully saturated rings. The van der Waals surface area contributed by atoms with Crippen molar-refractivity contribution in [3.63, 3.8) is 0 Å². The first kappa shape index (κ1) is 24.5. The SMILES string of the molecule is C=CCn1c(SCC(=O)Nc2cccc(C(C)=O)c2)nnc1C(C)Oc1ccc(Cl)c(C)c1. The average Bonchev–Trinajstić information content (AvgIpc) is 3.18. The molecule has 1 aromatic heterocycles. The van der Waals surface area contributed by atoms with Crippen molar-refractivity contribution < 1.29 is 14.3 Å². The van der Waals surface area contributed by atoms with E-state index in [0.717, 1.165) is 5.56 Å². The van der Waals surface area contributed by atoms with E-state index in [2.05, 4.69) is 22.1 Å². The second kappa shape index (κ2) is 11.2. The van der Waals surface area contributed by atoms with Crippen LogP contribution in [0.2, 0.25) is 5.02 Å². The van der Waals surface area contributed by atoms with E-state index in [0.29, 0.717) is 39.5 Å². The summed E-state index contributed by atoms with van der Waals surface area (Å²) in [5.41, 5.74) is 2.03.